The van der Waals surface area contributed by atoms with Gasteiger partial charge in [0.15, 0.2) is 5.65 Å². The van der Waals surface area contributed by atoms with Gasteiger partial charge < -0.3 is 10.6 Å². The SMILES string of the molecule is CNC(=O)C(C)Nc1nc2ccc(C)cn2n1. The molecule has 90 valence electrons. The van der Waals surface area contributed by atoms with Crippen molar-refractivity contribution in [2.75, 3.05) is 12.4 Å². The van der Waals surface area contributed by atoms with Crippen LogP contribution >= 0.6 is 0 Å². The number of likely N-dealkylation sites (N-methyl/N-ethyl adjacent to an activating group) is 1. The Labute approximate surface area is 99.0 Å². The first-order chi connectivity index (χ1) is 8.10. The lowest BCUT2D eigenvalue weighted by atomic mass is 10.3. The van der Waals surface area contributed by atoms with Gasteiger partial charge in [-0.25, -0.2) is 4.52 Å². The molecular formula is C11H15N5O. The number of pyridine rings is 1. The number of nitrogens with one attached hydrogen (secondary N) is 2. The van der Waals surface area contributed by atoms with Crippen LogP contribution in [-0.2, 0) is 4.79 Å². The summed E-state index contributed by atoms with van der Waals surface area (Å²) in [7, 11) is 1.60. The molecule has 2 aromatic rings. The zero-order valence-electron chi connectivity index (χ0n) is 10.1. The number of fused-ring (bicyclic) bond motifs is 1. The molecule has 2 rings (SSSR count). The Morgan fingerprint density at radius 2 is 2.24 bits per heavy atom. The van der Waals surface area contributed by atoms with Crippen LogP contribution in [-0.4, -0.2) is 33.6 Å². The van der Waals surface area contributed by atoms with Gasteiger partial charge in [0.1, 0.15) is 6.04 Å². The topological polar surface area (TPSA) is 71.3 Å². The first-order valence-electron chi connectivity index (χ1n) is 5.41. The van der Waals surface area contributed by atoms with Crippen molar-refractivity contribution in [3.63, 3.8) is 0 Å². The number of hydrogen-bond donors (Lipinski definition) is 2. The predicted octanol–water partition coefficient (Wildman–Crippen LogP) is 0.584. The maximum absolute atomic E-state index is 11.3. The van der Waals surface area contributed by atoms with Crippen LogP contribution in [0.15, 0.2) is 18.3 Å². The quantitative estimate of drug-likeness (QED) is 0.813. The van der Waals surface area contributed by atoms with Gasteiger partial charge in [0, 0.05) is 13.2 Å². The minimum absolute atomic E-state index is 0.0972. The largest absolute Gasteiger partial charge is 0.357 e. The van der Waals surface area contributed by atoms with Crippen molar-refractivity contribution < 1.29 is 4.79 Å². The summed E-state index contributed by atoms with van der Waals surface area (Å²) in [6, 6.07) is 3.49. The first kappa shape index (κ1) is 11.4. The van der Waals surface area contributed by atoms with E-state index >= 15 is 0 Å². The van der Waals surface area contributed by atoms with Crippen molar-refractivity contribution in [1.82, 2.24) is 19.9 Å². The third-order valence-corrected chi connectivity index (χ3v) is 2.46. The normalized spacial score (nSPS) is 12.4. The fourth-order valence-electron chi connectivity index (χ4n) is 1.52. The summed E-state index contributed by atoms with van der Waals surface area (Å²) in [6.07, 6.45) is 1.89. The second-order valence-corrected chi connectivity index (χ2v) is 3.92. The van der Waals surface area contributed by atoms with Crippen LogP contribution in [0.1, 0.15) is 12.5 Å². The first-order valence-corrected chi connectivity index (χ1v) is 5.41. The number of rotatable bonds is 3. The van der Waals surface area contributed by atoms with Gasteiger partial charge in [0.2, 0.25) is 11.9 Å². The molecule has 6 nitrogen and oxygen atoms in total. The maximum atomic E-state index is 11.3. The molecule has 0 aliphatic heterocycles. The molecule has 0 bridgehead atoms. The Bertz CT molecular complexity index is 548. The number of anilines is 1. The van der Waals surface area contributed by atoms with Crippen LogP contribution in [0.5, 0.6) is 0 Å². The molecule has 1 atom stereocenters. The summed E-state index contributed by atoms with van der Waals surface area (Å²) < 4.78 is 1.69. The van der Waals surface area contributed by atoms with Gasteiger partial charge in [-0.1, -0.05) is 6.07 Å². The van der Waals surface area contributed by atoms with E-state index in [0.29, 0.717) is 5.95 Å². The number of amides is 1. The molecule has 2 aromatic heterocycles. The van der Waals surface area contributed by atoms with E-state index in [0.717, 1.165) is 11.2 Å². The zero-order chi connectivity index (χ0) is 12.4. The fraction of sp³-hybridized carbons (Fsp3) is 0.364. The van der Waals surface area contributed by atoms with E-state index in [1.54, 1.807) is 18.5 Å². The van der Waals surface area contributed by atoms with Gasteiger partial charge in [-0.15, -0.1) is 5.10 Å². The summed E-state index contributed by atoms with van der Waals surface area (Å²) in [5.41, 5.74) is 1.86. The van der Waals surface area contributed by atoms with Crippen LogP contribution in [0, 0.1) is 6.92 Å². The summed E-state index contributed by atoms with van der Waals surface area (Å²) in [4.78, 5) is 15.6. The van der Waals surface area contributed by atoms with Crippen LogP contribution in [0.3, 0.4) is 0 Å². The average Bonchev–Trinajstić information content (AvgIpc) is 2.69. The Hall–Kier alpha value is -2.11. The highest BCUT2D eigenvalue weighted by atomic mass is 16.2. The molecule has 0 fully saturated rings. The zero-order valence-corrected chi connectivity index (χ0v) is 10.1. The third kappa shape index (κ3) is 2.35. The van der Waals surface area contributed by atoms with E-state index in [1.807, 2.05) is 25.3 Å². The highest BCUT2D eigenvalue weighted by molar-refractivity contribution is 5.83. The van der Waals surface area contributed by atoms with Crippen LogP contribution in [0.2, 0.25) is 0 Å². The summed E-state index contributed by atoms with van der Waals surface area (Å²) in [5.74, 6) is 0.353. The molecule has 0 aliphatic rings. The molecule has 0 spiro atoms. The molecule has 0 saturated heterocycles. The van der Waals surface area contributed by atoms with E-state index in [9.17, 15) is 4.79 Å². The highest BCUT2D eigenvalue weighted by Crippen LogP contribution is 2.07. The minimum atomic E-state index is -0.362. The number of aromatic nitrogens is 3. The van der Waals surface area contributed by atoms with E-state index in [1.165, 1.54) is 0 Å². The molecule has 6 heteroatoms. The predicted molar refractivity (Wildman–Crippen MR) is 64.9 cm³/mol. The summed E-state index contributed by atoms with van der Waals surface area (Å²) in [5, 5.41) is 9.76. The lowest BCUT2D eigenvalue weighted by molar-refractivity contribution is -0.121. The van der Waals surface area contributed by atoms with Crippen LogP contribution in [0.4, 0.5) is 5.95 Å². The molecule has 0 aliphatic carbocycles. The Morgan fingerprint density at radius 1 is 1.47 bits per heavy atom. The van der Waals surface area contributed by atoms with E-state index < -0.39 is 0 Å². The summed E-state index contributed by atoms with van der Waals surface area (Å²) >= 11 is 0. The number of nitrogens with zero attached hydrogens (tertiary/aromatic N) is 3. The number of carbonyl (C=O) groups excluding carboxylic acids is 1. The van der Waals surface area contributed by atoms with Crippen molar-refractivity contribution in [2.45, 2.75) is 19.9 Å². The Morgan fingerprint density at radius 3 is 2.94 bits per heavy atom. The molecule has 0 radical (unpaired) electrons. The van der Waals surface area contributed by atoms with Crippen molar-refractivity contribution in [1.29, 1.82) is 0 Å². The van der Waals surface area contributed by atoms with Gasteiger partial charge in [0.05, 0.1) is 0 Å². The standard InChI is InChI=1S/C11H15N5O/c1-7-4-5-9-14-11(15-16(9)6-7)13-8(2)10(17)12-3/h4-6,8H,1-3H3,(H,12,17)(H,13,15). The molecule has 0 saturated carbocycles. The van der Waals surface area contributed by atoms with Crippen LogP contribution < -0.4 is 10.6 Å². The van der Waals surface area contributed by atoms with Crippen molar-refractivity contribution in [3.8, 4) is 0 Å². The van der Waals surface area contributed by atoms with E-state index in [-0.39, 0.29) is 11.9 Å². The molecule has 1 unspecified atom stereocenters. The Balaban J connectivity index is 2.22. The molecule has 1 amide bonds. The third-order valence-electron chi connectivity index (χ3n) is 2.46. The fourth-order valence-corrected chi connectivity index (χ4v) is 1.52. The molecule has 2 heterocycles. The van der Waals surface area contributed by atoms with E-state index in [4.69, 9.17) is 0 Å². The second-order valence-electron chi connectivity index (χ2n) is 3.92. The number of hydrogen-bond acceptors (Lipinski definition) is 4. The number of carbonyl (C=O) groups is 1. The van der Waals surface area contributed by atoms with Crippen molar-refractivity contribution in [2.24, 2.45) is 0 Å². The lowest BCUT2D eigenvalue weighted by Crippen LogP contribution is -2.35. The number of aryl methyl sites for hydroxylation is 1. The maximum Gasteiger partial charge on any atom is 0.243 e. The van der Waals surface area contributed by atoms with Crippen molar-refractivity contribution >= 4 is 17.5 Å². The monoisotopic (exact) mass is 233 g/mol. The van der Waals surface area contributed by atoms with Gasteiger partial charge in [-0.05, 0) is 25.5 Å². The highest BCUT2D eigenvalue weighted by Gasteiger charge is 2.13. The summed E-state index contributed by atoms with van der Waals surface area (Å²) in [6.45, 7) is 3.75. The van der Waals surface area contributed by atoms with Crippen molar-refractivity contribution in [3.05, 3.63) is 23.9 Å². The van der Waals surface area contributed by atoms with Crippen LogP contribution in [0.25, 0.3) is 5.65 Å². The second kappa shape index (κ2) is 4.40. The smallest absolute Gasteiger partial charge is 0.243 e. The molecule has 2 N–H and O–H groups in total. The Kier molecular flexibility index (Phi) is 2.95. The lowest BCUT2D eigenvalue weighted by Gasteiger charge is -2.09. The molecule has 17 heavy (non-hydrogen) atoms. The van der Waals surface area contributed by atoms with Gasteiger partial charge in [-0.3, -0.25) is 4.79 Å². The molecular weight excluding hydrogens is 218 g/mol. The van der Waals surface area contributed by atoms with E-state index in [2.05, 4.69) is 20.7 Å². The van der Waals surface area contributed by atoms with Gasteiger partial charge in [0.25, 0.3) is 0 Å². The average molecular weight is 233 g/mol. The molecule has 0 aromatic carbocycles. The van der Waals surface area contributed by atoms with Gasteiger partial charge >= 0.3 is 0 Å². The minimum Gasteiger partial charge on any atom is -0.357 e. The van der Waals surface area contributed by atoms with Gasteiger partial charge in [-0.2, -0.15) is 4.98 Å².